The predicted molar refractivity (Wildman–Crippen MR) is 192 cm³/mol. The first kappa shape index (κ1) is 24.1. The van der Waals surface area contributed by atoms with Crippen LogP contribution in [0.25, 0.3) is 55.0 Å². The highest BCUT2D eigenvalue weighted by atomic mass is 15.2. The fourth-order valence-electron chi connectivity index (χ4n) is 9.22. The normalized spacial score (nSPS) is 13.8. The van der Waals surface area contributed by atoms with Gasteiger partial charge in [0, 0.05) is 50.0 Å². The number of rotatable bonds is 1. The third-order valence-corrected chi connectivity index (χ3v) is 11.0. The summed E-state index contributed by atoms with van der Waals surface area (Å²) in [6.45, 7) is 11.4. The lowest BCUT2D eigenvalue weighted by molar-refractivity contribution is 1.11. The Bertz CT molecular complexity index is 2700. The molecule has 0 atom stereocenters. The second-order valence-corrected chi connectivity index (χ2v) is 13.7. The van der Waals surface area contributed by atoms with E-state index in [1.165, 1.54) is 116 Å². The van der Waals surface area contributed by atoms with Crippen LogP contribution >= 0.6 is 0 Å². The molecule has 0 aliphatic carbocycles. The number of hydrogen-bond donors (Lipinski definition) is 0. The number of aromatic nitrogens is 2. The Kier molecular flexibility index (Phi) is 4.13. The average molecular weight is 576 g/mol. The molecular weight excluding hydrogens is 545 g/mol. The summed E-state index contributed by atoms with van der Waals surface area (Å²) < 4.78 is 5.20. The predicted octanol–water partition coefficient (Wildman–Crippen LogP) is 8.35. The van der Waals surface area contributed by atoms with Crippen LogP contribution in [0.2, 0.25) is 0 Å². The molecular formula is C41H30BN3. The van der Waals surface area contributed by atoms with Crippen LogP contribution in [0.1, 0.15) is 27.8 Å². The van der Waals surface area contributed by atoms with Gasteiger partial charge >= 0.3 is 0 Å². The summed E-state index contributed by atoms with van der Waals surface area (Å²) in [5.74, 6) is 0. The van der Waals surface area contributed by atoms with Crippen LogP contribution in [-0.4, -0.2) is 15.8 Å². The highest BCUT2D eigenvalue weighted by molar-refractivity contribution is 7.02. The highest BCUT2D eigenvalue weighted by Crippen LogP contribution is 2.48. The molecule has 0 spiro atoms. The van der Waals surface area contributed by atoms with Gasteiger partial charge in [0.05, 0.1) is 22.1 Å². The van der Waals surface area contributed by atoms with E-state index in [-0.39, 0.29) is 6.71 Å². The molecule has 0 unspecified atom stereocenters. The van der Waals surface area contributed by atoms with Crippen LogP contribution in [0.15, 0.2) is 91.0 Å². The van der Waals surface area contributed by atoms with Gasteiger partial charge in [-0.05, 0) is 117 Å². The summed E-state index contributed by atoms with van der Waals surface area (Å²) in [7, 11) is 0. The smallest absolute Gasteiger partial charge is 0.257 e. The van der Waals surface area contributed by atoms with Gasteiger partial charge in [0.2, 0.25) is 0 Å². The van der Waals surface area contributed by atoms with Crippen LogP contribution in [0.5, 0.6) is 0 Å². The van der Waals surface area contributed by atoms with E-state index >= 15 is 0 Å². The molecule has 212 valence electrons. The Hall–Kier alpha value is -5.22. The van der Waals surface area contributed by atoms with E-state index in [0.29, 0.717) is 0 Å². The average Bonchev–Trinajstić information content (AvgIpc) is 3.53. The monoisotopic (exact) mass is 575 g/mol. The standard InChI is InChI=1S/C41H30BN3/c1-21-6-11-26(12-7-21)43-33-17-13-27-28-18-22(2)8-14-31(28)44-34-16-10-24(4)38-35(34)42(36(33)40(27)44)37-39(43)25(5)20-30-29-19-23(3)9-15-32(29)45(38)41(30)37/h6-20H,1-5H3. The third kappa shape index (κ3) is 2.65. The van der Waals surface area contributed by atoms with Crippen molar-refractivity contribution in [3.05, 3.63) is 119 Å². The van der Waals surface area contributed by atoms with Crippen molar-refractivity contribution in [2.75, 3.05) is 4.90 Å². The van der Waals surface area contributed by atoms with Crippen LogP contribution in [0.4, 0.5) is 17.1 Å². The fourth-order valence-corrected chi connectivity index (χ4v) is 9.22. The van der Waals surface area contributed by atoms with E-state index in [1.807, 2.05) is 0 Å². The molecule has 4 heteroatoms. The van der Waals surface area contributed by atoms with Gasteiger partial charge in [0.1, 0.15) is 0 Å². The minimum atomic E-state index is 0.156. The molecule has 45 heavy (non-hydrogen) atoms. The molecule has 2 aromatic heterocycles. The van der Waals surface area contributed by atoms with Crippen molar-refractivity contribution in [1.29, 1.82) is 0 Å². The van der Waals surface area contributed by atoms with Crippen molar-refractivity contribution < 1.29 is 0 Å². The maximum atomic E-state index is 2.62. The van der Waals surface area contributed by atoms with Crippen LogP contribution in [0.3, 0.4) is 0 Å². The van der Waals surface area contributed by atoms with Gasteiger partial charge in [-0.1, -0.05) is 53.1 Å². The van der Waals surface area contributed by atoms with Gasteiger partial charge in [-0.2, -0.15) is 0 Å². The van der Waals surface area contributed by atoms with E-state index in [4.69, 9.17) is 0 Å². The van der Waals surface area contributed by atoms with E-state index < -0.39 is 0 Å². The molecule has 3 aliphatic rings. The molecule has 8 aromatic rings. The Morgan fingerprint density at radius 3 is 1.84 bits per heavy atom. The molecule has 0 saturated heterocycles. The Balaban J connectivity index is 1.45. The maximum absolute atomic E-state index is 2.62. The topological polar surface area (TPSA) is 13.1 Å². The van der Waals surface area contributed by atoms with Crippen molar-refractivity contribution in [3.8, 4) is 11.4 Å². The van der Waals surface area contributed by atoms with Crippen molar-refractivity contribution >= 4 is 83.8 Å². The summed E-state index contributed by atoms with van der Waals surface area (Å²) in [4.78, 5) is 2.57. The fraction of sp³-hybridized carbons (Fsp3) is 0.122. The Labute approximate surface area is 262 Å². The van der Waals surface area contributed by atoms with E-state index in [2.05, 4.69) is 140 Å². The molecule has 0 fully saturated rings. The molecule has 6 aromatic carbocycles. The van der Waals surface area contributed by atoms with E-state index in [1.54, 1.807) is 0 Å². The van der Waals surface area contributed by atoms with Gasteiger partial charge in [0.25, 0.3) is 6.71 Å². The lowest BCUT2D eigenvalue weighted by Gasteiger charge is -2.43. The van der Waals surface area contributed by atoms with Crippen molar-refractivity contribution in [2.45, 2.75) is 34.6 Å². The number of nitrogens with zero attached hydrogens (tertiary/aromatic N) is 3. The second-order valence-electron chi connectivity index (χ2n) is 13.7. The molecule has 5 heterocycles. The third-order valence-electron chi connectivity index (χ3n) is 11.0. The van der Waals surface area contributed by atoms with Crippen LogP contribution < -0.4 is 21.3 Å². The minimum absolute atomic E-state index is 0.156. The second kappa shape index (κ2) is 7.70. The summed E-state index contributed by atoms with van der Waals surface area (Å²) in [6.07, 6.45) is 0. The zero-order chi connectivity index (χ0) is 30.0. The van der Waals surface area contributed by atoms with Gasteiger partial charge in [-0.25, -0.2) is 0 Å². The molecule has 0 bridgehead atoms. The molecule has 0 radical (unpaired) electrons. The first-order chi connectivity index (χ1) is 21.9. The molecule has 0 amide bonds. The van der Waals surface area contributed by atoms with Gasteiger partial charge in [0.15, 0.2) is 0 Å². The van der Waals surface area contributed by atoms with Crippen molar-refractivity contribution in [3.63, 3.8) is 0 Å². The van der Waals surface area contributed by atoms with E-state index in [0.717, 1.165) is 0 Å². The Morgan fingerprint density at radius 1 is 0.444 bits per heavy atom. The van der Waals surface area contributed by atoms with Crippen LogP contribution in [-0.2, 0) is 0 Å². The molecule has 0 N–H and O–H groups in total. The number of anilines is 3. The highest BCUT2D eigenvalue weighted by Gasteiger charge is 2.48. The number of benzene rings is 6. The van der Waals surface area contributed by atoms with Crippen molar-refractivity contribution in [1.82, 2.24) is 9.13 Å². The maximum Gasteiger partial charge on any atom is 0.257 e. The number of hydrogen-bond acceptors (Lipinski definition) is 1. The van der Waals surface area contributed by atoms with Gasteiger partial charge in [-0.15, -0.1) is 0 Å². The summed E-state index contributed by atoms with van der Waals surface area (Å²) in [5, 5.41) is 5.39. The molecule has 3 aliphatic heterocycles. The van der Waals surface area contributed by atoms with Gasteiger partial charge < -0.3 is 14.0 Å². The van der Waals surface area contributed by atoms with Crippen LogP contribution in [0, 0.1) is 34.6 Å². The summed E-state index contributed by atoms with van der Waals surface area (Å²) in [5.41, 5.74) is 22.7. The summed E-state index contributed by atoms with van der Waals surface area (Å²) in [6, 6.07) is 35.1. The molecule has 11 rings (SSSR count). The Morgan fingerprint density at radius 2 is 1.09 bits per heavy atom. The zero-order valence-corrected chi connectivity index (χ0v) is 26.1. The molecule has 0 saturated carbocycles. The zero-order valence-electron chi connectivity index (χ0n) is 26.1. The number of fused-ring (bicyclic) bond motifs is 8. The van der Waals surface area contributed by atoms with Gasteiger partial charge in [-0.3, -0.25) is 0 Å². The first-order valence-electron chi connectivity index (χ1n) is 16.1. The minimum Gasteiger partial charge on any atom is -0.311 e. The summed E-state index contributed by atoms with van der Waals surface area (Å²) >= 11 is 0. The largest absolute Gasteiger partial charge is 0.311 e. The lowest BCUT2D eigenvalue weighted by atomic mass is 9.32. The van der Waals surface area contributed by atoms with Crippen molar-refractivity contribution in [2.24, 2.45) is 0 Å². The van der Waals surface area contributed by atoms with E-state index in [9.17, 15) is 0 Å². The number of aryl methyl sites for hydroxylation is 5. The lowest BCUT2D eigenvalue weighted by Crippen LogP contribution is -2.63. The SMILES string of the molecule is Cc1ccc(N2c3ccc4c5cc(C)ccc5n5c4c3B3c4c-5ccc(C)c4-n4c5ccc(C)cc5c5cc(C)c2c3c54)cc1. The quantitative estimate of drug-likeness (QED) is 0.179. The first-order valence-corrected chi connectivity index (χ1v) is 16.1. The molecule has 3 nitrogen and oxygen atoms in total.